The molecule has 0 aliphatic carbocycles. The second-order valence-electron chi connectivity index (χ2n) is 4.69. The zero-order valence-electron chi connectivity index (χ0n) is 10.0. The first kappa shape index (κ1) is 10.0. The molecule has 86 valence electrons. The Hall–Kier alpha value is -1.93. The number of rotatable bonds is 0. The number of aromatic nitrogens is 1. The van der Waals surface area contributed by atoms with Crippen LogP contribution < -0.4 is 4.98 Å². The van der Waals surface area contributed by atoms with Crippen LogP contribution in [-0.4, -0.2) is 0 Å². The van der Waals surface area contributed by atoms with Gasteiger partial charge in [-0.15, -0.1) is 11.3 Å². The van der Waals surface area contributed by atoms with Crippen LogP contribution in [0.5, 0.6) is 0 Å². The summed E-state index contributed by atoms with van der Waals surface area (Å²) >= 11 is 1.81. The van der Waals surface area contributed by atoms with Crippen LogP contribution in [0.25, 0.3) is 32.2 Å². The molecule has 0 fully saturated rings. The van der Waals surface area contributed by atoms with Crippen LogP contribution in [0.4, 0.5) is 0 Å². The van der Waals surface area contributed by atoms with E-state index in [0.717, 1.165) is 0 Å². The first-order chi connectivity index (χ1) is 8.83. The van der Waals surface area contributed by atoms with E-state index in [2.05, 4.69) is 59.8 Å². The number of H-pyrrole nitrogens is 1. The Labute approximate surface area is 109 Å². The van der Waals surface area contributed by atoms with E-state index in [1.807, 2.05) is 11.3 Å². The molecule has 2 aliphatic heterocycles. The van der Waals surface area contributed by atoms with Crippen molar-refractivity contribution in [3.8, 4) is 11.3 Å². The minimum atomic E-state index is 1.23. The van der Waals surface area contributed by atoms with Gasteiger partial charge in [0.25, 0.3) is 0 Å². The Balaban J connectivity index is 2.24. The van der Waals surface area contributed by atoms with Gasteiger partial charge >= 0.3 is 0 Å². The molecule has 0 saturated carbocycles. The lowest BCUT2D eigenvalue weighted by atomic mass is 10.1. The number of nitrogens with one attached hydrogen (secondary N) is 1. The number of fused-ring (bicyclic) bond motifs is 5. The third-order valence-electron chi connectivity index (χ3n) is 3.45. The fourth-order valence-corrected chi connectivity index (χ4v) is 3.51. The fourth-order valence-electron chi connectivity index (χ4n) is 2.57. The summed E-state index contributed by atoms with van der Waals surface area (Å²) in [5, 5.41) is 4.89. The predicted molar refractivity (Wildman–Crippen MR) is 77.2 cm³/mol. The highest BCUT2D eigenvalue weighted by atomic mass is 32.1. The molecule has 0 amide bonds. The molecule has 0 bridgehead atoms. The summed E-state index contributed by atoms with van der Waals surface area (Å²) in [4.78, 5) is 3.57. The molecule has 2 aromatic carbocycles. The van der Waals surface area contributed by atoms with E-state index in [0.29, 0.717) is 0 Å². The molecule has 0 aromatic heterocycles. The molecule has 2 heterocycles. The first-order valence-electron chi connectivity index (χ1n) is 6.04. The summed E-state index contributed by atoms with van der Waals surface area (Å²) in [5.41, 5.74) is 5.11. The Morgan fingerprint density at radius 2 is 1.89 bits per heavy atom. The van der Waals surface area contributed by atoms with Crippen molar-refractivity contribution in [2.45, 2.75) is 6.92 Å². The summed E-state index contributed by atoms with van der Waals surface area (Å²) in [5.74, 6) is 0. The minimum Gasteiger partial charge on any atom is -0.204 e. The first-order valence-corrected chi connectivity index (χ1v) is 6.92. The Morgan fingerprint density at radius 1 is 1.00 bits per heavy atom. The van der Waals surface area contributed by atoms with Crippen LogP contribution in [-0.2, 0) is 0 Å². The average Bonchev–Trinajstić information content (AvgIpc) is 2.76. The van der Waals surface area contributed by atoms with E-state index < -0.39 is 0 Å². The second kappa shape index (κ2) is 3.53. The molecule has 4 rings (SSSR count). The van der Waals surface area contributed by atoms with Crippen LogP contribution in [0.1, 0.15) is 5.56 Å². The van der Waals surface area contributed by atoms with Crippen molar-refractivity contribution in [1.29, 1.82) is 0 Å². The molecule has 0 unspecified atom stereocenters. The van der Waals surface area contributed by atoms with Crippen LogP contribution in [0, 0.1) is 6.92 Å². The van der Waals surface area contributed by atoms with Crippen molar-refractivity contribution in [2.75, 3.05) is 0 Å². The van der Waals surface area contributed by atoms with Gasteiger partial charge in [0.1, 0.15) is 0 Å². The molecule has 0 radical (unpaired) electrons. The summed E-state index contributed by atoms with van der Waals surface area (Å²) in [6.07, 6.45) is 0. The van der Waals surface area contributed by atoms with Crippen molar-refractivity contribution < 1.29 is 4.98 Å². The SMILES string of the molecule is Cc1ccc2c3csc4ccccc4c-3[nH+]c2c1. The van der Waals surface area contributed by atoms with Crippen LogP contribution in [0.3, 0.4) is 0 Å². The highest BCUT2D eigenvalue weighted by Gasteiger charge is 2.21. The number of aryl methyl sites for hydroxylation is 1. The van der Waals surface area contributed by atoms with Gasteiger partial charge in [0.05, 0.1) is 16.3 Å². The third-order valence-corrected chi connectivity index (χ3v) is 4.42. The monoisotopic (exact) mass is 250 g/mol. The summed E-state index contributed by atoms with van der Waals surface area (Å²) in [7, 11) is 0. The lowest BCUT2D eigenvalue weighted by molar-refractivity contribution is -0.325. The van der Waals surface area contributed by atoms with E-state index in [4.69, 9.17) is 0 Å². The van der Waals surface area contributed by atoms with Gasteiger partial charge in [0, 0.05) is 16.1 Å². The van der Waals surface area contributed by atoms with Gasteiger partial charge < -0.3 is 0 Å². The predicted octanol–water partition coefficient (Wildman–Crippen LogP) is 4.28. The summed E-state index contributed by atoms with van der Waals surface area (Å²) < 4.78 is 1.33. The average molecular weight is 250 g/mol. The Bertz CT molecular complexity index is 844. The highest BCUT2D eigenvalue weighted by Crippen LogP contribution is 2.36. The number of hydrogen-bond acceptors (Lipinski definition) is 1. The van der Waals surface area contributed by atoms with Gasteiger partial charge in [-0.05, 0) is 30.7 Å². The van der Waals surface area contributed by atoms with Crippen molar-refractivity contribution in [3.63, 3.8) is 0 Å². The number of benzene rings is 2. The normalized spacial score (nSPS) is 11.6. The quantitative estimate of drug-likeness (QED) is 0.442. The fraction of sp³-hybridized carbons (Fsp3) is 0.0625. The van der Waals surface area contributed by atoms with Gasteiger partial charge in [-0.3, -0.25) is 0 Å². The molecule has 2 aromatic rings. The van der Waals surface area contributed by atoms with Crippen molar-refractivity contribution >= 4 is 32.3 Å². The van der Waals surface area contributed by atoms with E-state index in [1.165, 1.54) is 37.8 Å². The zero-order valence-corrected chi connectivity index (χ0v) is 10.8. The lowest BCUT2D eigenvalue weighted by Gasteiger charge is -1.98. The highest BCUT2D eigenvalue weighted by molar-refractivity contribution is 7.17. The van der Waals surface area contributed by atoms with E-state index in [9.17, 15) is 0 Å². The van der Waals surface area contributed by atoms with Crippen LogP contribution in [0.2, 0.25) is 0 Å². The largest absolute Gasteiger partial charge is 0.221 e. The molecule has 2 aliphatic rings. The topological polar surface area (TPSA) is 14.1 Å². The number of hydrogen-bond donors (Lipinski definition) is 0. The van der Waals surface area contributed by atoms with Crippen LogP contribution in [0.15, 0.2) is 47.8 Å². The minimum absolute atomic E-state index is 1.23. The standard InChI is InChI=1S/C16H11NS/c1-10-6-7-11-13-9-18-15-5-3-2-4-12(15)16(13)17-14(11)8-10/h2-9H,1H3/p+1. The summed E-state index contributed by atoms with van der Waals surface area (Å²) in [6, 6.07) is 15.2. The maximum atomic E-state index is 3.57. The molecule has 0 saturated heterocycles. The second-order valence-corrected chi connectivity index (χ2v) is 5.61. The Morgan fingerprint density at radius 3 is 2.83 bits per heavy atom. The Kier molecular flexibility index (Phi) is 1.97. The molecular formula is C16H12NS+. The van der Waals surface area contributed by atoms with Crippen molar-refractivity contribution in [1.82, 2.24) is 0 Å². The smallest absolute Gasteiger partial charge is 0.204 e. The van der Waals surface area contributed by atoms with Gasteiger partial charge in [-0.2, -0.15) is 0 Å². The molecule has 2 heteroatoms. The number of aromatic amines is 1. The molecule has 18 heavy (non-hydrogen) atoms. The van der Waals surface area contributed by atoms with E-state index >= 15 is 0 Å². The van der Waals surface area contributed by atoms with Gasteiger partial charge in [-0.1, -0.05) is 18.2 Å². The van der Waals surface area contributed by atoms with Crippen LogP contribution >= 0.6 is 11.3 Å². The molecule has 0 spiro atoms. The molecule has 1 nitrogen and oxygen atoms in total. The maximum absolute atomic E-state index is 3.57. The van der Waals surface area contributed by atoms with E-state index in [1.54, 1.807) is 0 Å². The van der Waals surface area contributed by atoms with Crippen molar-refractivity contribution in [2.24, 2.45) is 0 Å². The van der Waals surface area contributed by atoms with Gasteiger partial charge in [0.2, 0.25) is 11.2 Å². The molecule has 1 N–H and O–H groups in total. The molecular weight excluding hydrogens is 238 g/mol. The van der Waals surface area contributed by atoms with Gasteiger partial charge in [0.15, 0.2) is 0 Å². The summed E-state index contributed by atoms with van der Waals surface area (Å²) in [6.45, 7) is 2.13. The van der Waals surface area contributed by atoms with E-state index in [-0.39, 0.29) is 0 Å². The van der Waals surface area contributed by atoms with Gasteiger partial charge in [-0.25, -0.2) is 4.98 Å². The lowest BCUT2D eigenvalue weighted by Crippen LogP contribution is -2.00. The van der Waals surface area contributed by atoms with Crippen molar-refractivity contribution in [3.05, 3.63) is 53.4 Å². The maximum Gasteiger partial charge on any atom is 0.221 e. The zero-order chi connectivity index (χ0) is 12.1. The molecule has 0 atom stereocenters. The third kappa shape index (κ3) is 1.30.